The second-order valence-corrected chi connectivity index (χ2v) is 4.32. The Labute approximate surface area is 99.4 Å². The molecule has 0 aliphatic rings. The Morgan fingerprint density at radius 1 is 1.33 bits per heavy atom. The van der Waals surface area contributed by atoms with Gasteiger partial charge in [0.05, 0.1) is 5.02 Å². The Balaban J connectivity index is 2.96. The maximum Gasteiger partial charge on any atom is 0.148 e. The van der Waals surface area contributed by atoms with Gasteiger partial charge in [0.2, 0.25) is 0 Å². The van der Waals surface area contributed by atoms with Crippen molar-refractivity contribution in [2.75, 3.05) is 0 Å². The molecule has 0 unspecified atom stereocenters. The summed E-state index contributed by atoms with van der Waals surface area (Å²) in [6, 6.07) is 2.64. The number of unbranched alkanes of at least 4 members (excludes halogenated alkanes) is 1. The monoisotopic (exact) mass is 249 g/mol. The van der Waals surface area contributed by atoms with Crippen LogP contribution in [-0.2, 0) is 0 Å². The summed E-state index contributed by atoms with van der Waals surface area (Å²) in [5.74, 6) is -0.493. The van der Waals surface area contributed by atoms with Gasteiger partial charge in [0.15, 0.2) is 0 Å². The van der Waals surface area contributed by atoms with E-state index in [9.17, 15) is 4.39 Å². The van der Waals surface area contributed by atoms with Crippen LogP contribution in [0.15, 0.2) is 12.1 Å². The minimum Gasteiger partial charge on any atom is -0.324 e. The van der Waals surface area contributed by atoms with Gasteiger partial charge in [-0.05, 0) is 18.6 Å². The second kappa shape index (κ2) is 5.69. The number of nitrogens with two attached hydrogens (primary N) is 1. The van der Waals surface area contributed by atoms with Crippen LogP contribution in [0.4, 0.5) is 4.39 Å². The van der Waals surface area contributed by atoms with Crippen LogP contribution in [0.1, 0.15) is 37.8 Å². The molecule has 1 rings (SSSR count). The first kappa shape index (κ1) is 12.8. The minimum absolute atomic E-state index is 0.0707. The highest BCUT2D eigenvalue weighted by molar-refractivity contribution is 6.33. The Morgan fingerprint density at radius 3 is 2.53 bits per heavy atom. The average molecular weight is 250 g/mol. The van der Waals surface area contributed by atoms with E-state index in [0.717, 1.165) is 12.8 Å². The smallest absolute Gasteiger partial charge is 0.148 e. The maximum atomic E-state index is 13.6. The van der Waals surface area contributed by atoms with Gasteiger partial charge < -0.3 is 5.73 Å². The molecule has 0 spiro atoms. The van der Waals surface area contributed by atoms with Crippen molar-refractivity contribution >= 4 is 23.2 Å². The zero-order valence-electron chi connectivity index (χ0n) is 8.56. The zero-order valence-corrected chi connectivity index (χ0v) is 10.1. The standard InChI is InChI=1S/C11H14Cl2FN/c1-2-3-4-9(15)10-7(12)5-6-8(13)11(10)14/h5-6,9H,2-4,15H2,1H3/t9-/m1/s1. The molecule has 84 valence electrons. The first-order valence-electron chi connectivity index (χ1n) is 4.96. The third-order valence-electron chi connectivity index (χ3n) is 2.32. The summed E-state index contributed by atoms with van der Waals surface area (Å²) in [6.45, 7) is 2.06. The summed E-state index contributed by atoms with van der Waals surface area (Å²) in [6.07, 6.45) is 2.68. The third-order valence-corrected chi connectivity index (χ3v) is 2.94. The lowest BCUT2D eigenvalue weighted by Gasteiger charge is -2.14. The molecular formula is C11H14Cl2FN. The predicted molar refractivity (Wildman–Crippen MR) is 62.9 cm³/mol. The number of hydrogen-bond donors (Lipinski definition) is 1. The van der Waals surface area contributed by atoms with Crippen LogP contribution >= 0.6 is 23.2 Å². The van der Waals surface area contributed by atoms with Crippen LogP contribution in [0.25, 0.3) is 0 Å². The summed E-state index contributed by atoms with van der Waals surface area (Å²) < 4.78 is 13.6. The molecule has 0 amide bonds. The van der Waals surface area contributed by atoms with Crippen LogP contribution in [0.5, 0.6) is 0 Å². The van der Waals surface area contributed by atoms with Crippen molar-refractivity contribution in [3.63, 3.8) is 0 Å². The van der Waals surface area contributed by atoms with Gasteiger partial charge in [0, 0.05) is 16.6 Å². The van der Waals surface area contributed by atoms with E-state index in [-0.39, 0.29) is 11.1 Å². The minimum atomic E-state index is -0.493. The first-order valence-corrected chi connectivity index (χ1v) is 5.72. The molecule has 15 heavy (non-hydrogen) atoms. The van der Waals surface area contributed by atoms with Crippen molar-refractivity contribution in [1.29, 1.82) is 0 Å². The molecule has 1 nitrogen and oxygen atoms in total. The Bertz CT molecular complexity index is 342. The third kappa shape index (κ3) is 3.07. The van der Waals surface area contributed by atoms with Crippen molar-refractivity contribution in [2.24, 2.45) is 5.73 Å². The van der Waals surface area contributed by atoms with Gasteiger partial charge in [-0.3, -0.25) is 0 Å². The lowest BCUT2D eigenvalue weighted by atomic mass is 10.0. The maximum absolute atomic E-state index is 13.6. The Hall–Kier alpha value is -0.310. The molecule has 0 aliphatic carbocycles. The molecule has 1 aromatic rings. The summed E-state index contributed by atoms with van der Waals surface area (Å²) in [5, 5.41) is 0.418. The van der Waals surface area contributed by atoms with E-state index in [1.807, 2.05) is 0 Å². The van der Waals surface area contributed by atoms with Crippen LogP contribution in [0.3, 0.4) is 0 Å². The number of benzene rings is 1. The lowest BCUT2D eigenvalue weighted by molar-refractivity contribution is 0.548. The van der Waals surface area contributed by atoms with Crippen LogP contribution in [0, 0.1) is 5.82 Å². The second-order valence-electron chi connectivity index (χ2n) is 3.51. The fraction of sp³-hybridized carbons (Fsp3) is 0.455. The van der Waals surface area contributed by atoms with Crippen LogP contribution < -0.4 is 5.73 Å². The molecule has 0 saturated carbocycles. The first-order chi connectivity index (χ1) is 7.07. The molecule has 4 heteroatoms. The molecule has 0 heterocycles. The predicted octanol–water partition coefficient (Wildman–Crippen LogP) is 4.32. The van der Waals surface area contributed by atoms with Crippen molar-refractivity contribution in [2.45, 2.75) is 32.2 Å². The zero-order chi connectivity index (χ0) is 11.4. The molecule has 1 aromatic carbocycles. The van der Waals surface area contributed by atoms with E-state index in [0.29, 0.717) is 17.0 Å². The van der Waals surface area contributed by atoms with Crippen LogP contribution in [0.2, 0.25) is 10.0 Å². The van der Waals surface area contributed by atoms with E-state index < -0.39 is 5.82 Å². The quantitative estimate of drug-likeness (QED) is 0.791. The van der Waals surface area contributed by atoms with E-state index in [1.54, 1.807) is 6.07 Å². The van der Waals surface area contributed by atoms with E-state index in [2.05, 4.69) is 6.92 Å². The van der Waals surface area contributed by atoms with E-state index >= 15 is 0 Å². The summed E-state index contributed by atoms with van der Waals surface area (Å²) in [5.41, 5.74) is 6.20. The van der Waals surface area contributed by atoms with Gasteiger partial charge in [0.1, 0.15) is 5.82 Å². The average Bonchev–Trinajstić information content (AvgIpc) is 2.21. The lowest BCUT2D eigenvalue weighted by Crippen LogP contribution is -2.13. The van der Waals surface area contributed by atoms with Gasteiger partial charge in [-0.1, -0.05) is 43.0 Å². The summed E-state index contributed by atoms with van der Waals surface area (Å²) in [4.78, 5) is 0. The highest BCUT2D eigenvalue weighted by Crippen LogP contribution is 2.31. The van der Waals surface area contributed by atoms with E-state index in [1.165, 1.54) is 6.07 Å². The van der Waals surface area contributed by atoms with Crippen molar-refractivity contribution in [3.05, 3.63) is 33.6 Å². The highest BCUT2D eigenvalue weighted by Gasteiger charge is 2.17. The molecule has 0 aromatic heterocycles. The molecule has 0 bridgehead atoms. The van der Waals surface area contributed by atoms with Gasteiger partial charge >= 0.3 is 0 Å². The summed E-state index contributed by atoms with van der Waals surface area (Å²) >= 11 is 11.6. The van der Waals surface area contributed by atoms with Gasteiger partial charge in [0.25, 0.3) is 0 Å². The van der Waals surface area contributed by atoms with Crippen molar-refractivity contribution < 1.29 is 4.39 Å². The van der Waals surface area contributed by atoms with Gasteiger partial charge in [-0.2, -0.15) is 0 Å². The normalized spacial score (nSPS) is 12.9. The number of rotatable bonds is 4. The molecule has 1 atom stereocenters. The SMILES string of the molecule is CCCC[C@@H](N)c1c(Cl)ccc(Cl)c1F. The van der Waals surface area contributed by atoms with Gasteiger partial charge in [-0.25, -0.2) is 4.39 Å². The van der Waals surface area contributed by atoms with Crippen molar-refractivity contribution in [3.8, 4) is 0 Å². The highest BCUT2D eigenvalue weighted by atomic mass is 35.5. The van der Waals surface area contributed by atoms with Crippen molar-refractivity contribution in [1.82, 2.24) is 0 Å². The molecule has 0 saturated heterocycles. The molecule has 2 N–H and O–H groups in total. The molecule has 0 aliphatic heterocycles. The molecule has 0 radical (unpaired) electrons. The number of hydrogen-bond acceptors (Lipinski definition) is 1. The van der Waals surface area contributed by atoms with E-state index in [4.69, 9.17) is 28.9 Å². The Morgan fingerprint density at radius 2 is 1.93 bits per heavy atom. The summed E-state index contributed by atoms with van der Waals surface area (Å²) in [7, 11) is 0. The fourth-order valence-electron chi connectivity index (χ4n) is 1.45. The molecular weight excluding hydrogens is 236 g/mol. The number of halogens is 3. The fourth-order valence-corrected chi connectivity index (χ4v) is 1.90. The van der Waals surface area contributed by atoms with Crippen LogP contribution in [-0.4, -0.2) is 0 Å². The topological polar surface area (TPSA) is 26.0 Å². The van der Waals surface area contributed by atoms with Gasteiger partial charge in [-0.15, -0.1) is 0 Å². The largest absolute Gasteiger partial charge is 0.324 e. The molecule has 0 fully saturated rings. The Kier molecular flexibility index (Phi) is 4.84.